The van der Waals surface area contributed by atoms with Crippen molar-refractivity contribution in [2.24, 2.45) is 0 Å². The van der Waals surface area contributed by atoms with Crippen LogP contribution in [-0.2, 0) is 10.0 Å². The Kier molecular flexibility index (Phi) is 3.94. The highest BCUT2D eigenvalue weighted by atomic mass is 35.5. The molecule has 104 valence electrons. The standard InChI is InChI=1S/C11H7ClFN3O2S2/c1-6-10(19-11(12)15-6)20(17,18)16-9-4-2-3-8(13)7(9)5-14/h2-4,16H,1H3. The molecule has 0 spiro atoms. The maximum absolute atomic E-state index is 13.4. The SMILES string of the molecule is Cc1nc(Cl)sc1S(=O)(=O)Nc1cccc(F)c1C#N. The average Bonchev–Trinajstić information content (AvgIpc) is 2.69. The molecule has 0 bridgehead atoms. The van der Waals surface area contributed by atoms with Gasteiger partial charge in [-0.3, -0.25) is 4.72 Å². The zero-order valence-corrected chi connectivity index (χ0v) is 12.4. The van der Waals surface area contributed by atoms with Crippen molar-refractivity contribution >= 4 is 38.6 Å². The van der Waals surface area contributed by atoms with Gasteiger partial charge in [-0.1, -0.05) is 29.0 Å². The van der Waals surface area contributed by atoms with Crippen LogP contribution in [0.25, 0.3) is 0 Å². The molecular weight excluding hydrogens is 325 g/mol. The number of thiazole rings is 1. The fraction of sp³-hybridized carbons (Fsp3) is 0.0909. The van der Waals surface area contributed by atoms with Crippen molar-refractivity contribution in [1.29, 1.82) is 5.26 Å². The van der Waals surface area contributed by atoms with Gasteiger partial charge in [-0.25, -0.2) is 17.8 Å². The lowest BCUT2D eigenvalue weighted by Crippen LogP contribution is -2.14. The molecule has 0 atom stereocenters. The number of hydrogen-bond acceptors (Lipinski definition) is 5. The maximum atomic E-state index is 13.4. The molecule has 0 amide bonds. The van der Waals surface area contributed by atoms with Crippen molar-refractivity contribution in [1.82, 2.24) is 4.98 Å². The molecule has 0 saturated heterocycles. The van der Waals surface area contributed by atoms with Gasteiger partial charge in [0.1, 0.15) is 17.4 Å². The van der Waals surface area contributed by atoms with Crippen LogP contribution in [0.4, 0.5) is 10.1 Å². The second-order valence-corrected chi connectivity index (χ2v) is 7.18. The highest BCUT2D eigenvalue weighted by molar-refractivity contribution is 7.94. The molecular formula is C11H7ClFN3O2S2. The Hall–Kier alpha value is -1.69. The van der Waals surface area contributed by atoms with Crippen LogP contribution in [0.5, 0.6) is 0 Å². The first-order valence-electron chi connectivity index (χ1n) is 5.19. The molecule has 1 heterocycles. The fourth-order valence-electron chi connectivity index (χ4n) is 1.51. The third-order valence-corrected chi connectivity index (χ3v) is 5.58. The van der Waals surface area contributed by atoms with Gasteiger partial charge in [0.2, 0.25) is 0 Å². The fourth-order valence-corrected chi connectivity index (χ4v) is 4.33. The van der Waals surface area contributed by atoms with Gasteiger partial charge in [-0.2, -0.15) is 5.26 Å². The minimum absolute atomic E-state index is 0.0735. The Bertz CT molecular complexity index is 812. The molecule has 5 nitrogen and oxygen atoms in total. The van der Waals surface area contributed by atoms with Gasteiger partial charge in [-0.05, 0) is 19.1 Å². The topological polar surface area (TPSA) is 82.8 Å². The molecule has 0 fully saturated rings. The van der Waals surface area contributed by atoms with E-state index in [1.807, 2.05) is 0 Å². The predicted octanol–water partition coefficient (Wildman–Crippen LogP) is 2.92. The number of hydrogen-bond donors (Lipinski definition) is 1. The van der Waals surface area contributed by atoms with Crippen LogP contribution in [0, 0.1) is 24.1 Å². The van der Waals surface area contributed by atoms with Gasteiger partial charge in [0, 0.05) is 0 Å². The number of nitrogens with one attached hydrogen (secondary N) is 1. The lowest BCUT2D eigenvalue weighted by molar-refractivity contribution is 0.602. The highest BCUT2D eigenvalue weighted by Gasteiger charge is 2.23. The molecule has 0 aliphatic heterocycles. The van der Waals surface area contributed by atoms with E-state index in [0.717, 1.165) is 17.4 Å². The van der Waals surface area contributed by atoms with Gasteiger partial charge in [0.15, 0.2) is 8.68 Å². The first kappa shape index (κ1) is 14.7. The molecule has 0 aliphatic carbocycles. The van der Waals surface area contributed by atoms with Gasteiger partial charge in [-0.15, -0.1) is 0 Å². The third kappa shape index (κ3) is 2.75. The van der Waals surface area contributed by atoms with E-state index >= 15 is 0 Å². The van der Waals surface area contributed by atoms with E-state index in [1.54, 1.807) is 6.07 Å². The van der Waals surface area contributed by atoms with Crippen LogP contribution < -0.4 is 4.72 Å². The van der Waals surface area contributed by atoms with Crippen LogP contribution in [-0.4, -0.2) is 13.4 Å². The number of aromatic nitrogens is 1. The summed E-state index contributed by atoms with van der Waals surface area (Å²) < 4.78 is 40.0. The molecule has 1 N–H and O–H groups in total. The molecule has 1 aromatic carbocycles. The summed E-state index contributed by atoms with van der Waals surface area (Å²) in [5.41, 5.74) is -0.261. The van der Waals surface area contributed by atoms with E-state index < -0.39 is 15.8 Å². The quantitative estimate of drug-likeness (QED) is 0.937. The van der Waals surface area contributed by atoms with Crippen molar-refractivity contribution < 1.29 is 12.8 Å². The van der Waals surface area contributed by atoms with Crippen LogP contribution >= 0.6 is 22.9 Å². The van der Waals surface area contributed by atoms with E-state index in [0.29, 0.717) is 0 Å². The largest absolute Gasteiger partial charge is 0.277 e. The highest BCUT2D eigenvalue weighted by Crippen LogP contribution is 2.29. The van der Waals surface area contributed by atoms with Crippen molar-refractivity contribution in [3.05, 3.63) is 39.7 Å². The molecule has 2 rings (SSSR count). The van der Waals surface area contributed by atoms with Crippen LogP contribution in [0.3, 0.4) is 0 Å². The van der Waals surface area contributed by atoms with Gasteiger partial charge >= 0.3 is 0 Å². The first-order chi connectivity index (χ1) is 9.35. The van der Waals surface area contributed by atoms with Crippen molar-refractivity contribution in [2.75, 3.05) is 4.72 Å². The van der Waals surface area contributed by atoms with Gasteiger partial charge in [0.25, 0.3) is 10.0 Å². The summed E-state index contributed by atoms with van der Waals surface area (Å²) in [6, 6.07) is 5.30. The number of anilines is 1. The molecule has 0 saturated carbocycles. The summed E-state index contributed by atoms with van der Waals surface area (Å²) in [6.45, 7) is 1.49. The Morgan fingerprint density at radius 2 is 2.20 bits per heavy atom. The van der Waals surface area contributed by atoms with Crippen molar-refractivity contribution in [3.8, 4) is 6.07 Å². The van der Waals surface area contributed by atoms with E-state index in [9.17, 15) is 12.8 Å². The zero-order chi connectivity index (χ0) is 14.9. The molecule has 0 radical (unpaired) electrons. The summed E-state index contributed by atoms with van der Waals surface area (Å²) >= 11 is 6.45. The molecule has 20 heavy (non-hydrogen) atoms. The Morgan fingerprint density at radius 3 is 2.75 bits per heavy atom. The van der Waals surface area contributed by atoms with E-state index in [4.69, 9.17) is 16.9 Å². The van der Waals surface area contributed by atoms with Crippen molar-refractivity contribution in [2.45, 2.75) is 11.1 Å². The summed E-state index contributed by atoms with van der Waals surface area (Å²) in [5.74, 6) is -0.799. The molecule has 9 heteroatoms. The number of benzene rings is 1. The number of halogens is 2. The number of nitrogens with zero attached hydrogens (tertiary/aromatic N) is 2. The molecule has 0 unspecified atom stereocenters. The van der Waals surface area contributed by atoms with E-state index in [-0.39, 0.29) is 25.6 Å². The normalized spacial score (nSPS) is 11.1. The molecule has 2 aromatic rings. The average molecular weight is 332 g/mol. The molecule has 1 aromatic heterocycles. The summed E-state index contributed by atoms with van der Waals surface area (Å²) in [5, 5.41) is 8.87. The monoisotopic (exact) mass is 331 g/mol. The number of rotatable bonds is 3. The van der Waals surface area contributed by atoms with Crippen molar-refractivity contribution in [3.63, 3.8) is 0 Å². The first-order valence-corrected chi connectivity index (χ1v) is 7.87. The van der Waals surface area contributed by atoms with E-state index in [1.165, 1.54) is 19.1 Å². The maximum Gasteiger partial charge on any atom is 0.273 e. The second kappa shape index (κ2) is 5.36. The summed E-state index contributed by atoms with van der Waals surface area (Å²) in [7, 11) is -3.97. The van der Waals surface area contributed by atoms with Crippen LogP contribution in [0.2, 0.25) is 4.47 Å². The number of sulfonamides is 1. The lowest BCUT2D eigenvalue weighted by atomic mass is 10.2. The number of nitriles is 1. The minimum Gasteiger partial charge on any atom is -0.277 e. The smallest absolute Gasteiger partial charge is 0.273 e. The second-order valence-electron chi connectivity index (χ2n) is 3.72. The Morgan fingerprint density at radius 1 is 1.50 bits per heavy atom. The molecule has 0 aliphatic rings. The minimum atomic E-state index is -3.97. The van der Waals surface area contributed by atoms with E-state index in [2.05, 4.69) is 9.71 Å². The predicted molar refractivity (Wildman–Crippen MR) is 73.8 cm³/mol. The Labute approximate surface area is 123 Å². The van der Waals surface area contributed by atoms with Gasteiger partial charge in [0.05, 0.1) is 11.4 Å². The Balaban J connectivity index is 2.47. The zero-order valence-electron chi connectivity index (χ0n) is 10.0. The summed E-state index contributed by atoms with van der Waals surface area (Å²) in [6.07, 6.45) is 0. The number of aryl methyl sites for hydroxylation is 1. The van der Waals surface area contributed by atoms with Gasteiger partial charge < -0.3 is 0 Å². The third-order valence-electron chi connectivity index (χ3n) is 2.34. The van der Waals surface area contributed by atoms with Crippen LogP contribution in [0.15, 0.2) is 22.4 Å². The van der Waals surface area contributed by atoms with Crippen LogP contribution in [0.1, 0.15) is 11.3 Å². The lowest BCUT2D eigenvalue weighted by Gasteiger charge is -2.08. The summed E-state index contributed by atoms with van der Waals surface area (Å²) in [4.78, 5) is 3.80.